The lowest BCUT2D eigenvalue weighted by atomic mass is 9.93. The van der Waals surface area contributed by atoms with Gasteiger partial charge in [0, 0.05) is 30.7 Å². The number of benzene rings is 2. The van der Waals surface area contributed by atoms with Gasteiger partial charge >= 0.3 is 0 Å². The van der Waals surface area contributed by atoms with Crippen molar-refractivity contribution in [2.75, 3.05) is 13.1 Å². The lowest BCUT2D eigenvalue weighted by Gasteiger charge is -2.33. The smallest absolute Gasteiger partial charge is 0.227 e. The number of aliphatic hydroxyl groups is 2. The Kier molecular flexibility index (Phi) is 9.93. The monoisotopic (exact) mass is 468 g/mol. The second-order valence-electron chi connectivity index (χ2n) is 9.54. The molecule has 0 spiro atoms. The van der Waals surface area contributed by atoms with E-state index >= 15 is 0 Å². The summed E-state index contributed by atoms with van der Waals surface area (Å²) in [6, 6.07) is 13.6. The Hall–Kier alpha value is -2.41. The Morgan fingerprint density at radius 3 is 2.41 bits per heavy atom. The first-order valence-corrected chi connectivity index (χ1v) is 12.6. The van der Waals surface area contributed by atoms with E-state index in [2.05, 4.69) is 48.3 Å². The van der Waals surface area contributed by atoms with E-state index in [0.717, 1.165) is 31.4 Å². The van der Waals surface area contributed by atoms with Gasteiger partial charge < -0.3 is 25.5 Å². The minimum absolute atomic E-state index is 0.0290. The Morgan fingerprint density at radius 1 is 1.09 bits per heavy atom. The number of nitrogens with one attached hydrogen (secondary N) is 1. The molecule has 1 aliphatic carbocycles. The molecular formula is C28H40N2O4. The summed E-state index contributed by atoms with van der Waals surface area (Å²) in [4.78, 5) is 15.0. The van der Waals surface area contributed by atoms with Crippen molar-refractivity contribution >= 4 is 5.91 Å². The summed E-state index contributed by atoms with van der Waals surface area (Å²) in [6.07, 6.45) is 6.54. The first kappa shape index (κ1) is 26.2. The van der Waals surface area contributed by atoms with E-state index in [1.54, 1.807) is 12.1 Å². The summed E-state index contributed by atoms with van der Waals surface area (Å²) >= 11 is 0. The average Bonchev–Trinajstić information content (AvgIpc) is 2.85. The van der Waals surface area contributed by atoms with E-state index in [4.69, 9.17) is 0 Å². The number of hydrogen-bond donors (Lipinski definition) is 4. The maximum atomic E-state index is 12.9. The molecule has 1 aliphatic rings. The number of nitrogens with zero attached hydrogens (tertiary/aromatic N) is 1. The van der Waals surface area contributed by atoms with Crippen molar-refractivity contribution in [2.45, 2.75) is 83.6 Å². The fourth-order valence-corrected chi connectivity index (χ4v) is 4.90. The first-order chi connectivity index (χ1) is 16.4. The van der Waals surface area contributed by atoms with Crippen molar-refractivity contribution in [2.24, 2.45) is 0 Å². The molecule has 186 valence electrons. The zero-order chi connectivity index (χ0) is 24.5. The molecule has 0 heterocycles. The summed E-state index contributed by atoms with van der Waals surface area (Å²) in [5, 5.41) is 32.8. The molecule has 0 bridgehead atoms. The van der Waals surface area contributed by atoms with E-state index < -0.39 is 6.10 Å². The molecule has 6 heteroatoms. The van der Waals surface area contributed by atoms with Crippen LogP contribution in [0.15, 0.2) is 42.5 Å². The second-order valence-corrected chi connectivity index (χ2v) is 9.54. The number of likely N-dealkylation sites (N-methyl/N-ethyl adjacent to an activating group) is 1. The van der Waals surface area contributed by atoms with Crippen molar-refractivity contribution < 1.29 is 20.1 Å². The number of amides is 1. The number of phenols is 1. The zero-order valence-corrected chi connectivity index (χ0v) is 20.5. The largest absolute Gasteiger partial charge is 0.508 e. The molecule has 2 aromatic rings. The van der Waals surface area contributed by atoms with Gasteiger partial charge in [0.25, 0.3) is 0 Å². The minimum Gasteiger partial charge on any atom is -0.508 e. The molecule has 0 saturated heterocycles. The molecular weight excluding hydrogens is 428 g/mol. The fourth-order valence-electron chi connectivity index (χ4n) is 4.90. The molecule has 2 aromatic carbocycles. The van der Waals surface area contributed by atoms with Gasteiger partial charge in [0.2, 0.25) is 5.91 Å². The van der Waals surface area contributed by atoms with Crippen LogP contribution in [-0.4, -0.2) is 51.3 Å². The molecule has 1 amide bonds. The van der Waals surface area contributed by atoms with Crippen LogP contribution in [0.5, 0.6) is 5.75 Å². The molecule has 0 unspecified atom stereocenters. The topological polar surface area (TPSA) is 93.0 Å². The number of aromatic hydroxyl groups is 1. The van der Waals surface area contributed by atoms with Crippen LogP contribution in [0.1, 0.15) is 74.3 Å². The molecule has 2 atom stereocenters. The molecule has 1 fully saturated rings. The molecule has 0 aromatic heterocycles. The van der Waals surface area contributed by atoms with E-state index in [1.165, 1.54) is 30.9 Å². The van der Waals surface area contributed by atoms with Gasteiger partial charge in [0.15, 0.2) is 0 Å². The molecule has 3 rings (SSSR count). The summed E-state index contributed by atoms with van der Waals surface area (Å²) in [7, 11) is 0. The van der Waals surface area contributed by atoms with Gasteiger partial charge in [-0.2, -0.15) is 0 Å². The van der Waals surface area contributed by atoms with Crippen LogP contribution in [0.4, 0.5) is 0 Å². The van der Waals surface area contributed by atoms with Crippen LogP contribution in [0, 0.1) is 0 Å². The molecule has 6 nitrogen and oxygen atoms in total. The van der Waals surface area contributed by atoms with Crippen LogP contribution < -0.4 is 5.32 Å². The van der Waals surface area contributed by atoms with Crippen LogP contribution in [0.3, 0.4) is 0 Å². The lowest BCUT2D eigenvalue weighted by molar-refractivity contribution is -0.133. The van der Waals surface area contributed by atoms with Gasteiger partial charge in [-0.15, -0.1) is 0 Å². The van der Waals surface area contributed by atoms with Crippen molar-refractivity contribution in [1.82, 2.24) is 10.2 Å². The Morgan fingerprint density at radius 2 is 1.76 bits per heavy atom. The molecule has 0 radical (unpaired) electrons. The Balaban J connectivity index is 1.47. The van der Waals surface area contributed by atoms with Gasteiger partial charge in [-0.3, -0.25) is 4.79 Å². The van der Waals surface area contributed by atoms with Crippen molar-refractivity contribution in [3.63, 3.8) is 0 Å². The van der Waals surface area contributed by atoms with E-state index in [-0.39, 0.29) is 24.3 Å². The van der Waals surface area contributed by atoms with E-state index in [0.29, 0.717) is 30.1 Å². The van der Waals surface area contributed by atoms with Crippen LogP contribution >= 0.6 is 0 Å². The predicted molar refractivity (Wildman–Crippen MR) is 135 cm³/mol. The minimum atomic E-state index is -0.729. The zero-order valence-electron chi connectivity index (χ0n) is 20.5. The lowest BCUT2D eigenvalue weighted by Crippen LogP contribution is -2.42. The molecule has 34 heavy (non-hydrogen) atoms. The fraction of sp³-hybridized carbons (Fsp3) is 0.536. The molecule has 0 aliphatic heterocycles. The van der Waals surface area contributed by atoms with Gasteiger partial charge in [-0.1, -0.05) is 49.6 Å². The Bertz CT molecular complexity index is 909. The van der Waals surface area contributed by atoms with Crippen molar-refractivity contribution in [3.05, 3.63) is 64.7 Å². The quantitative estimate of drug-likeness (QED) is 0.402. The number of aliphatic hydroxyl groups excluding tert-OH is 2. The van der Waals surface area contributed by atoms with Gasteiger partial charge in [0.1, 0.15) is 5.75 Å². The SMILES string of the molecule is CCN(C(=O)Cc1ccc(C[C@@H](C)NC[C@H](O)c2ccc(O)c(CO)c2)cc1)C1CCCCC1. The van der Waals surface area contributed by atoms with Crippen LogP contribution in [0.2, 0.25) is 0 Å². The summed E-state index contributed by atoms with van der Waals surface area (Å²) in [6.45, 7) is 5.03. The highest BCUT2D eigenvalue weighted by molar-refractivity contribution is 5.79. The number of carbonyl (C=O) groups excluding carboxylic acids is 1. The number of carbonyl (C=O) groups is 1. The third kappa shape index (κ3) is 7.29. The Labute approximate surface area is 203 Å². The highest BCUT2D eigenvalue weighted by Crippen LogP contribution is 2.24. The molecule has 1 saturated carbocycles. The maximum Gasteiger partial charge on any atom is 0.227 e. The maximum absolute atomic E-state index is 12.9. The summed E-state index contributed by atoms with van der Waals surface area (Å²) in [5.41, 5.74) is 3.29. The van der Waals surface area contributed by atoms with Crippen LogP contribution in [0.25, 0.3) is 0 Å². The van der Waals surface area contributed by atoms with Gasteiger partial charge in [-0.05, 0) is 61.9 Å². The van der Waals surface area contributed by atoms with E-state index in [1.807, 2.05) is 0 Å². The highest BCUT2D eigenvalue weighted by atomic mass is 16.3. The number of rotatable bonds is 11. The number of hydrogen-bond acceptors (Lipinski definition) is 5. The summed E-state index contributed by atoms with van der Waals surface area (Å²) in [5.74, 6) is 0.256. The van der Waals surface area contributed by atoms with Gasteiger partial charge in [-0.25, -0.2) is 0 Å². The van der Waals surface area contributed by atoms with Crippen molar-refractivity contribution in [1.29, 1.82) is 0 Å². The third-order valence-corrected chi connectivity index (χ3v) is 6.92. The second kappa shape index (κ2) is 12.9. The van der Waals surface area contributed by atoms with Crippen LogP contribution in [-0.2, 0) is 24.2 Å². The highest BCUT2D eigenvalue weighted by Gasteiger charge is 2.24. The average molecular weight is 469 g/mol. The van der Waals surface area contributed by atoms with Crippen molar-refractivity contribution in [3.8, 4) is 5.75 Å². The third-order valence-electron chi connectivity index (χ3n) is 6.92. The van der Waals surface area contributed by atoms with E-state index in [9.17, 15) is 20.1 Å². The normalized spacial score (nSPS) is 16.2. The van der Waals surface area contributed by atoms with Gasteiger partial charge in [0.05, 0.1) is 19.1 Å². The first-order valence-electron chi connectivity index (χ1n) is 12.6. The summed E-state index contributed by atoms with van der Waals surface area (Å²) < 4.78 is 0. The molecule has 4 N–H and O–H groups in total. The predicted octanol–water partition coefficient (Wildman–Crippen LogP) is 3.86. The standard InChI is InChI=1S/C28H40N2O4/c1-3-30(25-7-5-4-6-8-25)28(34)16-22-11-9-21(10-12-22)15-20(2)29-18-27(33)23-13-14-26(32)24(17-23)19-31/h9-14,17,20,25,27,29,31-33H,3-8,15-16,18-19H2,1-2H3/t20-,27+/m1/s1.